The van der Waals surface area contributed by atoms with E-state index >= 15 is 0 Å². The molecule has 0 bridgehead atoms. The van der Waals surface area contributed by atoms with Crippen LogP contribution in [0.2, 0.25) is 0 Å². The molecule has 0 aliphatic heterocycles. The third-order valence-electron chi connectivity index (χ3n) is 3.92. The number of aryl methyl sites for hydroxylation is 4. The van der Waals surface area contributed by atoms with Crippen LogP contribution in [0.25, 0.3) is 0 Å². The summed E-state index contributed by atoms with van der Waals surface area (Å²) in [6.45, 7) is 9.76. The van der Waals surface area contributed by atoms with Crippen molar-refractivity contribution in [3.63, 3.8) is 0 Å². The Bertz CT molecular complexity index is 578. The predicted octanol–water partition coefficient (Wildman–Crippen LogP) is 3.02. The van der Waals surface area contributed by atoms with Gasteiger partial charge in [0.25, 0.3) is 0 Å². The van der Waals surface area contributed by atoms with Crippen LogP contribution in [0.15, 0.2) is 18.5 Å². The van der Waals surface area contributed by atoms with E-state index in [9.17, 15) is 0 Å². The Morgan fingerprint density at radius 3 is 2.38 bits per heavy atom. The van der Waals surface area contributed by atoms with Gasteiger partial charge in [-0.15, -0.1) is 0 Å². The Morgan fingerprint density at radius 1 is 1.19 bits per heavy atom. The number of aromatic nitrogens is 3. The number of benzene rings is 1. The van der Waals surface area contributed by atoms with Gasteiger partial charge in [0.05, 0.1) is 0 Å². The van der Waals surface area contributed by atoms with Crippen LogP contribution in [0.5, 0.6) is 0 Å². The Balaban J connectivity index is 2.34. The van der Waals surface area contributed by atoms with Gasteiger partial charge in [0.15, 0.2) is 0 Å². The fourth-order valence-electron chi connectivity index (χ4n) is 3.02. The molecule has 1 N–H and O–H groups in total. The molecule has 1 unspecified atom stereocenters. The SMILES string of the molecule is CCCNC(Cc1ncnn1C)c1c(C)cc(C)cc1C. The second-order valence-corrected chi connectivity index (χ2v) is 5.82. The smallest absolute Gasteiger partial charge is 0.138 e. The van der Waals surface area contributed by atoms with Crippen molar-refractivity contribution in [3.8, 4) is 0 Å². The van der Waals surface area contributed by atoms with Gasteiger partial charge in [0.2, 0.25) is 0 Å². The molecule has 4 heteroatoms. The largest absolute Gasteiger partial charge is 0.310 e. The molecule has 2 rings (SSSR count). The summed E-state index contributed by atoms with van der Waals surface area (Å²) in [6.07, 6.45) is 3.61. The van der Waals surface area contributed by atoms with E-state index in [4.69, 9.17) is 0 Å². The summed E-state index contributed by atoms with van der Waals surface area (Å²) in [7, 11) is 1.95. The molecule has 0 radical (unpaired) electrons. The summed E-state index contributed by atoms with van der Waals surface area (Å²) in [6, 6.07) is 4.81. The fraction of sp³-hybridized carbons (Fsp3) is 0.529. The first-order chi connectivity index (χ1) is 10.0. The summed E-state index contributed by atoms with van der Waals surface area (Å²) in [5.74, 6) is 1.02. The molecule has 0 saturated carbocycles. The predicted molar refractivity (Wildman–Crippen MR) is 86.4 cm³/mol. The van der Waals surface area contributed by atoms with E-state index in [1.165, 1.54) is 22.3 Å². The third kappa shape index (κ3) is 3.70. The maximum atomic E-state index is 4.38. The van der Waals surface area contributed by atoms with Crippen molar-refractivity contribution in [3.05, 3.63) is 46.5 Å². The van der Waals surface area contributed by atoms with Crippen molar-refractivity contribution in [2.24, 2.45) is 7.05 Å². The highest BCUT2D eigenvalue weighted by atomic mass is 15.3. The fourth-order valence-corrected chi connectivity index (χ4v) is 3.02. The summed E-state index contributed by atoms with van der Waals surface area (Å²) in [4.78, 5) is 4.38. The zero-order chi connectivity index (χ0) is 15.4. The van der Waals surface area contributed by atoms with Gasteiger partial charge >= 0.3 is 0 Å². The highest BCUT2D eigenvalue weighted by molar-refractivity contribution is 5.40. The lowest BCUT2D eigenvalue weighted by molar-refractivity contribution is 0.503. The number of rotatable bonds is 6. The number of hydrogen-bond acceptors (Lipinski definition) is 3. The molecule has 0 aliphatic carbocycles. The normalized spacial score (nSPS) is 12.6. The van der Waals surface area contributed by atoms with E-state index in [0.717, 1.165) is 25.2 Å². The van der Waals surface area contributed by atoms with E-state index in [2.05, 4.69) is 55.2 Å². The van der Waals surface area contributed by atoms with Crippen LogP contribution in [0, 0.1) is 20.8 Å². The Labute approximate surface area is 127 Å². The minimum atomic E-state index is 0.286. The molecule has 0 aliphatic rings. The van der Waals surface area contributed by atoms with Crippen molar-refractivity contribution in [2.45, 2.75) is 46.6 Å². The molecule has 2 aromatic rings. The van der Waals surface area contributed by atoms with Crippen LogP contribution >= 0.6 is 0 Å². The molecular formula is C17H26N4. The zero-order valence-corrected chi connectivity index (χ0v) is 13.8. The molecule has 0 spiro atoms. The third-order valence-corrected chi connectivity index (χ3v) is 3.92. The van der Waals surface area contributed by atoms with Crippen LogP contribution in [-0.2, 0) is 13.5 Å². The lowest BCUT2D eigenvalue weighted by Gasteiger charge is -2.23. The molecule has 4 nitrogen and oxygen atoms in total. The van der Waals surface area contributed by atoms with Crippen molar-refractivity contribution >= 4 is 0 Å². The summed E-state index contributed by atoms with van der Waals surface area (Å²) >= 11 is 0. The van der Waals surface area contributed by atoms with Gasteiger partial charge in [0.1, 0.15) is 12.2 Å². The first-order valence-electron chi connectivity index (χ1n) is 7.67. The van der Waals surface area contributed by atoms with Crippen LogP contribution in [-0.4, -0.2) is 21.3 Å². The maximum absolute atomic E-state index is 4.38. The molecule has 1 heterocycles. The van der Waals surface area contributed by atoms with Crippen LogP contribution < -0.4 is 5.32 Å². The average Bonchev–Trinajstić information content (AvgIpc) is 2.80. The lowest BCUT2D eigenvalue weighted by Crippen LogP contribution is -2.26. The van der Waals surface area contributed by atoms with Gasteiger partial charge in [-0.3, -0.25) is 4.68 Å². The van der Waals surface area contributed by atoms with Crippen molar-refractivity contribution < 1.29 is 0 Å². The van der Waals surface area contributed by atoms with Crippen molar-refractivity contribution in [2.75, 3.05) is 6.54 Å². The van der Waals surface area contributed by atoms with E-state index in [-0.39, 0.29) is 6.04 Å². The highest BCUT2D eigenvalue weighted by Crippen LogP contribution is 2.26. The zero-order valence-electron chi connectivity index (χ0n) is 13.8. The van der Waals surface area contributed by atoms with Crippen LogP contribution in [0.3, 0.4) is 0 Å². The molecule has 21 heavy (non-hydrogen) atoms. The van der Waals surface area contributed by atoms with Crippen molar-refractivity contribution in [1.82, 2.24) is 20.1 Å². The van der Waals surface area contributed by atoms with Gasteiger partial charge in [-0.1, -0.05) is 24.6 Å². The molecule has 0 fully saturated rings. The lowest BCUT2D eigenvalue weighted by atomic mass is 9.92. The van der Waals surface area contributed by atoms with Gasteiger partial charge in [-0.25, -0.2) is 4.98 Å². The quantitative estimate of drug-likeness (QED) is 0.887. The Kier molecular flexibility index (Phi) is 5.12. The summed E-state index contributed by atoms with van der Waals surface area (Å²) < 4.78 is 1.86. The first-order valence-corrected chi connectivity index (χ1v) is 7.67. The van der Waals surface area contributed by atoms with E-state index in [1.807, 2.05) is 11.7 Å². The van der Waals surface area contributed by atoms with Crippen LogP contribution in [0.1, 0.15) is 47.5 Å². The van der Waals surface area contributed by atoms with Gasteiger partial charge in [-0.2, -0.15) is 5.10 Å². The molecule has 1 aromatic heterocycles. The van der Waals surface area contributed by atoms with Gasteiger partial charge in [-0.05, 0) is 50.4 Å². The molecule has 1 atom stereocenters. The number of hydrogen-bond donors (Lipinski definition) is 1. The molecule has 0 saturated heterocycles. The summed E-state index contributed by atoms with van der Waals surface area (Å²) in [5.41, 5.74) is 5.42. The van der Waals surface area contributed by atoms with Crippen molar-refractivity contribution in [1.29, 1.82) is 0 Å². The van der Waals surface area contributed by atoms with Crippen LogP contribution in [0.4, 0.5) is 0 Å². The average molecular weight is 286 g/mol. The number of nitrogens with one attached hydrogen (secondary N) is 1. The second kappa shape index (κ2) is 6.85. The monoisotopic (exact) mass is 286 g/mol. The standard InChI is InChI=1S/C17H26N4/c1-6-7-18-15(10-16-19-11-20-21(16)5)17-13(3)8-12(2)9-14(17)4/h8-9,11,15,18H,6-7,10H2,1-5H3. The van der Waals surface area contributed by atoms with Gasteiger partial charge < -0.3 is 5.32 Å². The minimum Gasteiger partial charge on any atom is -0.310 e. The highest BCUT2D eigenvalue weighted by Gasteiger charge is 2.18. The number of nitrogens with zero attached hydrogens (tertiary/aromatic N) is 3. The Morgan fingerprint density at radius 2 is 1.86 bits per heavy atom. The molecule has 0 amide bonds. The second-order valence-electron chi connectivity index (χ2n) is 5.82. The van der Waals surface area contributed by atoms with E-state index < -0.39 is 0 Å². The Hall–Kier alpha value is -1.68. The maximum Gasteiger partial charge on any atom is 0.138 e. The molecular weight excluding hydrogens is 260 g/mol. The van der Waals surface area contributed by atoms with E-state index in [1.54, 1.807) is 6.33 Å². The molecule has 1 aromatic carbocycles. The first kappa shape index (κ1) is 15.7. The summed E-state index contributed by atoms with van der Waals surface area (Å²) in [5, 5.41) is 7.85. The van der Waals surface area contributed by atoms with E-state index in [0.29, 0.717) is 0 Å². The topological polar surface area (TPSA) is 42.7 Å². The van der Waals surface area contributed by atoms with Gasteiger partial charge in [0, 0.05) is 19.5 Å². The molecule has 114 valence electrons. The minimum absolute atomic E-state index is 0.286.